The van der Waals surface area contributed by atoms with E-state index >= 15 is 0 Å². The molecular formula is C10H9N3O3. The first kappa shape index (κ1) is 10.2. The fourth-order valence-electron chi connectivity index (χ4n) is 1.35. The Balaban J connectivity index is 2.56. The van der Waals surface area contributed by atoms with Crippen LogP contribution in [-0.2, 0) is 0 Å². The minimum Gasteiger partial charge on any atom is -0.495 e. The van der Waals surface area contributed by atoms with Gasteiger partial charge < -0.3 is 9.84 Å². The molecular weight excluding hydrogens is 210 g/mol. The van der Waals surface area contributed by atoms with E-state index in [9.17, 15) is 4.79 Å². The van der Waals surface area contributed by atoms with Crippen molar-refractivity contribution in [3.8, 4) is 11.4 Å². The zero-order valence-electron chi connectivity index (χ0n) is 8.49. The van der Waals surface area contributed by atoms with Crippen molar-refractivity contribution in [3.63, 3.8) is 0 Å². The number of carboxylic acid groups (broad SMARTS) is 1. The van der Waals surface area contributed by atoms with Crippen LogP contribution in [0.5, 0.6) is 5.75 Å². The van der Waals surface area contributed by atoms with E-state index in [0.717, 1.165) is 0 Å². The Morgan fingerprint density at radius 1 is 1.38 bits per heavy atom. The van der Waals surface area contributed by atoms with Gasteiger partial charge in [0.15, 0.2) is 0 Å². The quantitative estimate of drug-likeness (QED) is 0.832. The molecule has 1 N–H and O–H groups in total. The Bertz CT molecular complexity index is 508. The number of methoxy groups -OCH3 is 1. The summed E-state index contributed by atoms with van der Waals surface area (Å²) >= 11 is 0. The van der Waals surface area contributed by atoms with Gasteiger partial charge >= 0.3 is 5.97 Å². The Hall–Kier alpha value is -2.37. The van der Waals surface area contributed by atoms with Gasteiger partial charge in [-0.3, -0.25) is 4.57 Å². The predicted molar refractivity (Wildman–Crippen MR) is 54.9 cm³/mol. The van der Waals surface area contributed by atoms with Gasteiger partial charge in [-0.2, -0.15) is 0 Å². The van der Waals surface area contributed by atoms with E-state index < -0.39 is 5.97 Å². The second-order valence-corrected chi connectivity index (χ2v) is 3.06. The molecule has 0 aliphatic heterocycles. The first-order chi connectivity index (χ1) is 7.72. The van der Waals surface area contributed by atoms with Crippen molar-refractivity contribution in [1.82, 2.24) is 14.8 Å². The second-order valence-electron chi connectivity index (χ2n) is 3.06. The summed E-state index contributed by atoms with van der Waals surface area (Å²) in [6.45, 7) is 0. The maximum atomic E-state index is 10.8. The molecule has 1 aromatic carbocycles. The molecule has 0 saturated heterocycles. The van der Waals surface area contributed by atoms with Gasteiger partial charge in [-0.25, -0.2) is 4.79 Å². The summed E-state index contributed by atoms with van der Waals surface area (Å²) in [6.07, 6.45) is 2.95. The number of aromatic carboxylic acids is 1. The molecule has 16 heavy (non-hydrogen) atoms. The Morgan fingerprint density at radius 3 is 2.62 bits per heavy atom. The van der Waals surface area contributed by atoms with Crippen LogP contribution < -0.4 is 4.74 Å². The first-order valence-electron chi connectivity index (χ1n) is 4.48. The lowest BCUT2D eigenvalue weighted by atomic mass is 10.2. The number of nitrogens with zero attached hydrogens (tertiary/aromatic N) is 3. The number of carbonyl (C=O) groups is 1. The van der Waals surface area contributed by atoms with Crippen LogP contribution in [0.2, 0.25) is 0 Å². The molecule has 6 heteroatoms. The molecule has 0 saturated carbocycles. The van der Waals surface area contributed by atoms with Crippen molar-refractivity contribution in [2.24, 2.45) is 0 Å². The molecule has 6 nitrogen and oxygen atoms in total. The molecule has 0 aliphatic carbocycles. The molecule has 0 bridgehead atoms. The van der Waals surface area contributed by atoms with Crippen LogP contribution in [0.3, 0.4) is 0 Å². The van der Waals surface area contributed by atoms with E-state index in [0.29, 0.717) is 11.4 Å². The highest BCUT2D eigenvalue weighted by Crippen LogP contribution is 2.23. The Labute approximate surface area is 91.1 Å². The van der Waals surface area contributed by atoms with Gasteiger partial charge in [0.05, 0.1) is 18.4 Å². The fraction of sp³-hybridized carbons (Fsp3) is 0.100. The summed E-state index contributed by atoms with van der Waals surface area (Å²) in [5, 5.41) is 16.2. The second kappa shape index (κ2) is 4.01. The van der Waals surface area contributed by atoms with E-state index in [1.807, 2.05) is 0 Å². The number of ether oxygens (including phenoxy) is 1. The van der Waals surface area contributed by atoms with Crippen LogP contribution in [0.25, 0.3) is 5.69 Å². The Morgan fingerprint density at radius 2 is 2.06 bits per heavy atom. The fourth-order valence-corrected chi connectivity index (χ4v) is 1.35. The van der Waals surface area contributed by atoms with E-state index in [4.69, 9.17) is 9.84 Å². The third-order valence-electron chi connectivity index (χ3n) is 2.12. The van der Waals surface area contributed by atoms with Gasteiger partial charge in [-0.15, -0.1) is 10.2 Å². The SMILES string of the molecule is COc1ccc(C(=O)O)cc1-n1cnnc1. The lowest BCUT2D eigenvalue weighted by molar-refractivity contribution is 0.0697. The average molecular weight is 219 g/mol. The summed E-state index contributed by atoms with van der Waals surface area (Å²) < 4.78 is 6.72. The van der Waals surface area contributed by atoms with Gasteiger partial charge in [0.2, 0.25) is 0 Å². The van der Waals surface area contributed by atoms with E-state index in [1.165, 1.54) is 31.9 Å². The summed E-state index contributed by atoms with van der Waals surface area (Å²) in [6, 6.07) is 4.58. The number of carboxylic acids is 1. The largest absolute Gasteiger partial charge is 0.495 e. The van der Waals surface area contributed by atoms with Crippen molar-refractivity contribution in [1.29, 1.82) is 0 Å². The molecule has 0 spiro atoms. The van der Waals surface area contributed by atoms with E-state index in [-0.39, 0.29) is 5.56 Å². The number of aromatic nitrogens is 3. The topological polar surface area (TPSA) is 77.2 Å². The smallest absolute Gasteiger partial charge is 0.335 e. The van der Waals surface area contributed by atoms with E-state index in [2.05, 4.69) is 10.2 Å². The molecule has 0 radical (unpaired) electrons. The van der Waals surface area contributed by atoms with Crippen molar-refractivity contribution in [2.75, 3.05) is 7.11 Å². The highest BCUT2D eigenvalue weighted by Gasteiger charge is 2.10. The summed E-state index contributed by atoms with van der Waals surface area (Å²) in [7, 11) is 1.52. The van der Waals surface area contributed by atoms with Crippen LogP contribution in [-0.4, -0.2) is 33.0 Å². The van der Waals surface area contributed by atoms with Crippen LogP contribution in [0.4, 0.5) is 0 Å². The summed E-state index contributed by atoms with van der Waals surface area (Å²) in [5.41, 5.74) is 0.775. The van der Waals surface area contributed by atoms with Crippen molar-refractivity contribution < 1.29 is 14.6 Å². The van der Waals surface area contributed by atoms with Gasteiger partial charge in [0, 0.05) is 0 Å². The monoisotopic (exact) mass is 219 g/mol. The first-order valence-corrected chi connectivity index (χ1v) is 4.48. The van der Waals surface area contributed by atoms with Gasteiger partial charge in [-0.1, -0.05) is 0 Å². The summed E-state index contributed by atoms with van der Waals surface area (Å²) in [4.78, 5) is 10.8. The molecule has 2 aromatic rings. The maximum absolute atomic E-state index is 10.8. The van der Waals surface area contributed by atoms with Crippen LogP contribution in [0, 0.1) is 0 Å². The molecule has 1 heterocycles. The predicted octanol–water partition coefficient (Wildman–Crippen LogP) is 0.974. The summed E-state index contributed by atoms with van der Waals surface area (Å²) in [5.74, 6) is -0.429. The van der Waals surface area contributed by atoms with Crippen molar-refractivity contribution in [3.05, 3.63) is 36.4 Å². The Kier molecular flexibility index (Phi) is 2.55. The molecule has 0 amide bonds. The molecule has 82 valence electrons. The van der Waals surface area contributed by atoms with Crippen LogP contribution >= 0.6 is 0 Å². The molecule has 2 rings (SSSR count). The molecule has 0 fully saturated rings. The normalized spacial score (nSPS) is 10.1. The zero-order valence-corrected chi connectivity index (χ0v) is 8.49. The van der Waals surface area contributed by atoms with Crippen molar-refractivity contribution in [2.45, 2.75) is 0 Å². The number of hydrogen-bond donors (Lipinski definition) is 1. The van der Waals surface area contributed by atoms with Crippen LogP contribution in [0.15, 0.2) is 30.9 Å². The lowest BCUT2D eigenvalue weighted by Crippen LogP contribution is -2.01. The number of hydrogen-bond acceptors (Lipinski definition) is 4. The van der Waals surface area contributed by atoms with Crippen molar-refractivity contribution >= 4 is 5.97 Å². The van der Waals surface area contributed by atoms with E-state index in [1.54, 1.807) is 10.6 Å². The zero-order chi connectivity index (χ0) is 11.5. The average Bonchev–Trinajstić information content (AvgIpc) is 2.81. The molecule has 0 unspecified atom stereocenters. The van der Waals surface area contributed by atoms with Gasteiger partial charge in [-0.05, 0) is 18.2 Å². The third-order valence-corrected chi connectivity index (χ3v) is 2.12. The van der Waals surface area contributed by atoms with Gasteiger partial charge in [0.1, 0.15) is 18.4 Å². The number of rotatable bonds is 3. The highest BCUT2D eigenvalue weighted by atomic mass is 16.5. The molecule has 1 aromatic heterocycles. The van der Waals surface area contributed by atoms with Crippen LogP contribution in [0.1, 0.15) is 10.4 Å². The number of benzene rings is 1. The molecule has 0 atom stereocenters. The lowest BCUT2D eigenvalue weighted by Gasteiger charge is -2.08. The molecule has 0 aliphatic rings. The highest BCUT2D eigenvalue weighted by molar-refractivity contribution is 5.88. The minimum atomic E-state index is -0.989. The maximum Gasteiger partial charge on any atom is 0.335 e. The van der Waals surface area contributed by atoms with Gasteiger partial charge in [0.25, 0.3) is 0 Å². The minimum absolute atomic E-state index is 0.185. The standard InChI is InChI=1S/C10H9N3O3/c1-16-9-3-2-7(10(14)15)4-8(9)13-5-11-12-6-13/h2-6H,1H3,(H,14,15). The third kappa shape index (κ3) is 1.72.